The van der Waals surface area contributed by atoms with Crippen LogP contribution >= 0.6 is 12.2 Å². The number of thiocarbonyl (C=S) groups is 1. The van der Waals surface area contributed by atoms with Crippen LogP contribution in [0.2, 0.25) is 0 Å². The Balaban J connectivity index is 3.13. The molecule has 0 aliphatic heterocycles. The highest BCUT2D eigenvalue weighted by molar-refractivity contribution is 7.80. The maximum Gasteiger partial charge on any atom is 0.106 e. The van der Waals surface area contributed by atoms with Gasteiger partial charge in [-0.25, -0.2) is 0 Å². The van der Waals surface area contributed by atoms with Crippen LogP contribution < -0.4 is 10.6 Å². The van der Waals surface area contributed by atoms with Crippen molar-refractivity contribution in [3.63, 3.8) is 0 Å². The van der Waals surface area contributed by atoms with Gasteiger partial charge in [0.25, 0.3) is 0 Å². The normalized spacial score (nSPS) is 10.8. The summed E-state index contributed by atoms with van der Waals surface area (Å²) in [6, 6.07) is 6.19. The molecule has 3 heteroatoms. The SMILES string of the molecule is CCC(CC)CN(CC)c1c(C)cccc1C(N)=S. The summed E-state index contributed by atoms with van der Waals surface area (Å²) in [5, 5.41) is 0. The summed E-state index contributed by atoms with van der Waals surface area (Å²) in [6.45, 7) is 10.9. The molecule has 0 atom stereocenters. The first kappa shape index (κ1) is 16.0. The van der Waals surface area contributed by atoms with Crippen molar-refractivity contribution in [3.8, 4) is 0 Å². The summed E-state index contributed by atoms with van der Waals surface area (Å²) in [5.74, 6) is 0.721. The predicted octanol–water partition coefficient (Wildman–Crippen LogP) is 3.89. The molecule has 0 amide bonds. The zero-order chi connectivity index (χ0) is 14.4. The van der Waals surface area contributed by atoms with E-state index in [1.54, 1.807) is 0 Å². The number of hydrogen-bond donors (Lipinski definition) is 1. The first-order valence-corrected chi connectivity index (χ1v) is 7.60. The van der Waals surface area contributed by atoms with Gasteiger partial charge in [-0.1, -0.05) is 51.0 Å². The Hall–Kier alpha value is -1.09. The Morgan fingerprint density at radius 3 is 2.37 bits per heavy atom. The smallest absolute Gasteiger partial charge is 0.106 e. The van der Waals surface area contributed by atoms with Gasteiger partial charge in [0, 0.05) is 24.3 Å². The molecule has 1 rings (SSSR count). The molecule has 0 saturated carbocycles. The van der Waals surface area contributed by atoms with Crippen LogP contribution in [0.5, 0.6) is 0 Å². The van der Waals surface area contributed by atoms with E-state index >= 15 is 0 Å². The first-order chi connectivity index (χ1) is 9.04. The van der Waals surface area contributed by atoms with Crippen molar-refractivity contribution in [1.29, 1.82) is 0 Å². The first-order valence-electron chi connectivity index (χ1n) is 7.19. The summed E-state index contributed by atoms with van der Waals surface area (Å²) >= 11 is 5.20. The number of anilines is 1. The Bertz CT molecular complexity index is 425. The third-order valence-electron chi connectivity index (χ3n) is 3.83. The fourth-order valence-electron chi connectivity index (χ4n) is 2.51. The van der Waals surface area contributed by atoms with Crippen LogP contribution in [0.3, 0.4) is 0 Å². The molecule has 0 heterocycles. The highest BCUT2D eigenvalue weighted by Gasteiger charge is 2.16. The van der Waals surface area contributed by atoms with Crippen molar-refractivity contribution in [1.82, 2.24) is 0 Å². The molecule has 0 aromatic heterocycles. The standard InChI is InChI=1S/C16H26N2S/c1-5-13(6-2)11-18(7-3)15-12(4)9-8-10-14(15)16(17)19/h8-10,13H,5-7,11H2,1-4H3,(H2,17,19). The van der Waals surface area contributed by atoms with Gasteiger partial charge in [-0.2, -0.15) is 0 Å². The zero-order valence-corrected chi connectivity index (χ0v) is 13.4. The Labute approximate surface area is 123 Å². The van der Waals surface area contributed by atoms with Gasteiger partial charge < -0.3 is 10.6 Å². The molecule has 0 aliphatic carbocycles. The van der Waals surface area contributed by atoms with E-state index in [-0.39, 0.29) is 0 Å². The summed E-state index contributed by atoms with van der Waals surface area (Å²) in [6.07, 6.45) is 2.42. The van der Waals surface area contributed by atoms with E-state index < -0.39 is 0 Å². The van der Waals surface area contributed by atoms with Crippen LogP contribution in [0.15, 0.2) is 18.2 Å². The van der Waals surface area contributed by atoms with Crippen molar-refractivity contribution in [2.45, 2.75) is 40.5 Å². The molecule has 19 heavy (non-hydrogen) atoms. The van der Waals surface area contributed by atoms with Crippen LogP contribution in [-0.4, -0.2) is 18.1 Å². The van der Waals surface area contributed by atoms with Gasteiger partial charge in [-0.05, 0) is 31.4 Å². The summed E-state index contributed by atoms with van der Waals surface area (Å²) in [7, 11) is 0. The maximum atomic E-state index is 5.88. The number of nitrogens with two attached hydrogens (primary N) is 1. The zero-order valence-electron chi connectivity index (χ0n) is 12.6. The largest absolute Gasteiger partial charge is 0.389 e. The van der Waals surface area contributed by atoms with Crippen LogP contribution in [0, 0.1) is 12.8 Å². The van der Waals surface area contributed by atoms with Gasteiger partial charge in [-0.3, -0.25) is 0 Å². The molecule has 0 fully saturated rings. The minimum absolute atomic E-state index is 0.488. The second-order valence-electron chi connectivity index (χ2n) is 5.06. The van der Waals surface area contributed by atoms with E-state index in [1.807, 2.05) is 12.1 Å². The van der Waals surface area contributed by atoms with E-state index in [1.165, 1.54) is 24.1 Å². The van der Waals surface area contributed by atoms with Crippen molar-refractivity contribution in [2.75, 3.05) is 18.0 Å². The maximum absolute atomic E-state index is 5.88. The summed E-state index contributed by atoms with van der Waals surface area (Å²) < 4.78 is 0. The van der Waals surface area contributed by atoms with E-state index in [4.69, 9.17) is 18.0 Å². The number of aryl methyl sites for hydroxylation is 1. The van der Waals surface area contributed by atoms with Crippen molar-refractivity contribution in [3.05, 3.63) is 29.3 Å². The third-order valence-corrected chi connectivity index (χ3v) is 4.05. The highest BCUT2D eigenvalue weighted by Crippen LogP contribution is 2.27. The minimum Gasteiger partial charge on any atom is -0.389 e. The molecule has 0 unspecified atom stereocenters. The molecule has 2 nitrogen and oxygen atoms in total. The molecule has 1 aromatic carbocycles. The molecule has 0 bridgehead atoms. The molecule has 2 N–H and O–H groups in total. The lowest BCUT2D eigenvalue weighted by atomic mass is 10.0. The second-order valence-corrected chi connectivity index (χ2v) is 5.50. The topological polar surface area (TPSA) is 29.3 Å². The van der Waals surface area contributed by atoms with E-state index in [2.05, 4.69) is 38.7 Å². The van der Waals surface area contributed by atoms with Crippen molar-refractivity contribution in [2.24, 2.45) is 11.7 Å². The van der Waals surface area contributed by atoms with Gasteiger partial charge in [0.1, 0.15) is 4.99 Å². The molecule has 0 radical (unpaired) electrons. The van der Waals surface area contributed by atoms with Gasteiger partial charge in [0.05, 0.1) is 0 Å². The summed E-state index contributed by atoms with van der Waals surface area (Å²) in [4.78, 5) is 2.91. The van der Waals surface area contributed by atoms with Crippen LogP contribution in [0.25, 0.3) is 0 Å². The number of hydrogen-bond acceptors (Lipinski definition) is 2. The van der Waals surface area contributed by atoms with Crippen LogP contribution in [0.1, 0.15) is 44.7 Å². The fraction of sp³-hybridized carbons (Fsp3) is 0.562. The molecule has 0 spiro atoms. The average Bonchev–Trinajstić information content (AvgIpc) is 2.40. The number of benzene rings is 1. The fourth-order valence-corrected chi connectivity index (χ4v) is 2.68. The van der Waals surface area contributed by atoms with Crippen molar-refractivity contribution >= 4 is 22.9 Å². The average molecular weight is 278 g/mol. The number of rotatable bonds is 7. The summed E-state index contributed by atoms with van der Waals surface area (Å²) in [5.41, 5.74) is 9.34. The molecule has 0 saturated heterocycles. The van der Waals surface area contributed by atoms with E-state index in [0.29, 0.717) is 4.99 Å². The third kappa shape index (κ3) is 3.93. The lowest BCUT2D eigenvalue weighted by Crippen LogP contribution is -2.31. The molecular weight excluding hydrogens is 252 g/mol. The predicted molar refractivity (Wildman–Crippen MR) is 89.0 cm³/mol. The highest BCUT2D eigenvalue weighted by atomic mass is 32.1. The van der Waals surface area contributed by atoms with Gasteiger partial charge in [0.2, 0.25) is 0 Å². The molecule has 0 aliphatic rings. The van der Waals surface area contributed by atoms with Crippen LogP contribution in [-0.2, 0) is 0 Å². The van der Waals surface area contributed by atoms with E-state index in [0.717, 1.165) is 24.6 Å². The number of para-hydroxylation sites is 1. The quantitative estimate of drug-likeness (QED) is 0.767. The Morgan fingerprint density at radius 2 is 1.89 bits per heavy atom. The van der Waals surface area contributed by atoms with Gasteiger partial charge in [-0.15, -0.1) is 0 Å². The second kappa shape index (κ2) is 7.49. The lowest BCUT2D eigenvalue weighted by Gasteiger charge is -2.30. The molecule has 1 aromatic rings. The van der Waals surface area contributed by atoms with Crippen LogP contribution in [0.4, 0.5) is 5.69 Å². The number of nitrogens with zero attached hydrogens (tertiary/aromatic N) is 1. The van der Waals surface area contributed by atoms with Crippen molar-refractivity contribution < 1.29 is 0 Å². The lowest BCUT2D eigenvalue weighted by molar-refractivity contribution is 0.486. The van der Waals surface area contributed by atoms with Gasteiger partial charge >= 0.3 is 0 Å². The Kier molecular flexibility index (Phi) is 6.29. The van der Waals surface area contributed by atoms with E-state index in [9.17, 15) is 0 Å². The Morgan fingerprint density at radius 1 is 1.26 bits per heavy atom. The molecular formula is C16H26N2S. The molecule has 106 valence electrons. The van der Waals surface area contributed by atoms with Gasteiger partial charge in [0.15, 0.2) is 0 Å². The minimum atomic E-state index is 0.488. The monoisotopic (exact) mass is 278 g/mol.